The third-order valence-corrected chi connectivity index (χ3v) is 8.46. The third-order valence-electron chi connectivity index (χ3n) is 8.46. The molecule has 200 valence electrons. The molecule has 4 heterocycles. The van der Waals surface area contributed by atoms with Gasteiger partial charge in [-0.3, -0.25) is 14.4 Å². The topological polar surface area (TPSA) is 90.4 Å². The first kappa shape index (κ1) is 26.9. The van der Waals surface area contributed by atoms with Gasteiger partial charge in [0.05, 0.1) is 30.1 Å². The van der Waals surface area contributed by atoms with Gasteiger partial charge in [-0.25, -0.2) is 0 Å². The molecule has 2 fully saturated rings. The van der Waals surface area contributed by atoms with Crippen LogP contribution in [0, 0.1) is 17.8 Å². The number of carbonyl (C=O) groups excluding carboxylic acids is 3. The molecule has 2 saturated heterocycles. The Bertz CT molecular complexity index is 945. The zero-order valence-corrected chi connectivity index (χ0v) is 22.6. The fourth-order valence-electron chi connectivity index (χ4n) is 6.92. The second-order valence-electron chi connectivity index (χ2n) is 11.5. The van der Waals surface area contributed by atoms with E-state index in [0.29, 0.717) is 32.5 Å². The van der Waals surface area contributed by atoms with Gasteiger partial charge in [-0.05, 0) is 39.0 Å². The van der Waals surface area contributed by atoms with Gasteiger partial charge in [-0.15, -0.1) is 0 Å². The summed E-state index contributed by atoms with van der Waals surface area (Å²) in [7, 11) is 0. The number of amides is 3. The van der Waals surface area contributed by atoms with Crippen LogP contribution >= 0.6 is 0 Å². The van der Waals surface area contributed by atoms with Crippen molar-refractivity contribution in [3.05, 3.63) is 24.3 Å². The molecule has 4 aliphatic rings. The number of hydrogen-bond acceptors (Lipinski definition) is 5. The lowest BCUT2D eigenvalue weighted by molar-refractivity contribution is -0.158. The Balaban J connectivity index is 1.92. The summed E-state index contributed by atoms with van der Waals surface area (Å²) in [5, 5.41) is 10.4. The fourth-order valence-corrected chi connectivity index (χ4v) is 6.92. The lowest BCUT2D eigenvalue weighted by atomic mass is 9.73. The number of ether oxygens (including phenoxy) is 1. The van der Waals surface area contributed by atoms with Gasteiger partial charge in [0.15, 0.2) is 0 Å². The van der Waals surface area contributed by atoms with Gasteiger partial charge >= 0.3 is 0 Å². The second kappa shape index (κ2) is 9.93. The quantitative estimate of drug-likeness (QED) is 0.516. The van der Waals surface area contributed by atoms with E-state index in [4.69, 9.17) is 4.74 Å². The van der Waals surface area contributed by atoms with E-state index in [0.717, 1.165) is 6.42 Å². The largest absolute Gasteiger partial charge is 0.394 e. The molecule has 0 aromatic heterocycles. The average Bonchev–Trinajstić information content (AvgIpc) is 3.12. The first-order chi connectivity index (χ1) is 17.1. The molecule has 0 aromatic carbocycles. The van der Waals surface area contributed by atoms with Crippen LogP contribution in [0.1, 0.15) is 60.8 Å². The molecule has 3 amide bonds. The van der Waals surface area contributed by atoms with Crippen molar-refractivity contribution in [1.29, 1.82) is 0 Å². The molecule has 1 spiro atoms. The summed E-state index contributed by atoms with van der Waals surface area (Å²) < 4.78 is 6.96. The van der Waals surface area contributed by atoms with Crippen LogP contribution < -0.4 is 0 Å². The van der Waals surface area contributed by atoms with Crippen molar-refractivity contribution in [2.45, 2.75) is 90.1 Å². The van der Waals surface area contributed by atoms with Crippen LogP contribution in [0.2, 0.25) is 0 Å². The van der Waals surface area contributed by atoms with Crippen LogP contribution in [-0.2, 0) is 19.1 Å². The van der Waals surface area contributed by atoms with Crippen LogP contribution in [0.4, 0.5) is 0 Å². The molecule has 4 aliphatic heterocycles. The number of hydrogen-bond donors (Lipinski definition) is 1. The van der Waals surface area contributed by atoms with Gasteiger partial charge in [0, 0.05) is 25.7 Å². The maximum Gasteiger partial charge on any atom is 0.249 e. The number of rotatable bonds is 8. The van der Waals surface area contributed by atoms with Crippen LogP contribution in [0.3, 0.4) is 0 Å². The predicted molar refractivity (Wildman–Crippen MR) is 137 cm³/mol. The van der Waals surface area contributed by atoms with E-state index in [1.165, 1.54) is 0 Å². The summed E-state index contributed by atoms with van der Waals surface area (Å²) in [6.45, 7) is 13.3. The Morgan fingerprint density at radius 1 is 1.00 bits per heavy atom. The monoisotopic (exact) mass is 501 g/mol. The highest BCUT2D eigenvalue weighted by Gasteiger charge is 2.75. The molecule has 0 saturated carbocycles. The third kappa shape index (κ3) is 3.92. The summed E-state index contributed by atoms with van der Waals surface area (Å²) in [5.41, 5.74) is -2.23. The van der Waals surface area contributed by atoms with E-state index in [-0.39, 0.29) is 36.3 Å². The standard InChI is InChI=1S/C28H43N3O5/c1-7-13-29-14-9-11-27(8-2)21(24(29)33)22-25(34)31(20(17-32)16-18(3)4)23-26(35)30(19(5)6)15-10-12-28(22,23)36-27/h9-12,18-23,32H,7-8,13-17H2,1-6H3/t20-,21-,22+,23?,27+,28+/m1/s1. The zero-order chi connectivity index (χ0) is 26.4. The highest BCUT2D eigenvalue weighted by Crippen LogP contribution is 2.59. The Hall–Kier alpha value is -2.19. The van der Waals surface area contributed by atoms with Crippen molar-refractivity contribution < 1.29 is 24.2 Å². The SMILES string of the molecule is CCCN1CC=C[C@]2(CC)O[C@]34C=CCN(C(C)C)C(=O)C3N([C@@H](CO)CC(C)C)C(=O)[C@@H]4[C@@H]2C1=O. The van der Waals surface area contributed by atoms with Crippen molar-refractivity contribution in [1.82, 2.24) is 14.7 Å². The Labute approximate surface area is 215 Å². The summed E-state index contributed by atoms with van der Waals surface area (Å²) in [6, 6.07) is -1.53. The van der Waals surface area contributed by atoms with Crippen LogP contribution in [0.15, 0.2) is 24.3 Å². The van der Waals surface area contributed by atoms with Crippen molar-refractivity contribution in [2.75, 3.05) is 26.2 Å². The van der Waals surface area contributed by atoms with E-state index in [2.05, 4.69) is 0 Å². The van der Waals surface area contributed by atoms with Gasteiger partial charge in [0.1, 0.15) is 11.6 Å². The molecule has 36 heavy (non-hydrogen) atoms. The number of aliphatic hydroxyl groups excluding tert-OH is 1. The number of nitrogens with zero attached hydrogens (tertiary/aromatic N) is 3. The molecule has 0 bridgehead atoms. The zero-order valence-electron chi connectivity index (χ0n) is 22.6. The summed E-state index contributed by atoms with van der Waals surface area (Å²) in [4.78, 5) is 47.9. The molecule has 8 nitrogen and oxygen atoms in total. The molecule has 1 unspecified atom stereocenters. The molecule has 0 aromatic rings. The van der Waals surface area contributed by atoms with Gasteiger partial charge in [-0.1, -0.05) is 52.0 Å². The van der Waals surface area contributed by atoms with Crippen LogP contribution in [0.5, 0.6) is 0 Å². The summed E-state index contributed by atoms with van der Waals surface area (Å²) in [5.74, 6) is -1.88. The maximum atomic E-state index is 14.4. The predicted octanol–water partition coefficient (Wildman–Crippen LogP) is 2.37. The lowest BCUT2D eigenvalue weighted by Crippen LogP contribution is -2.59. The van der Waals surface area contributed by atoms with Crippen molar-refractivity contribution in [2.24, 2.45) is 17.8 Å². The second-order valence-corrected chi connectivity index (χ2v) is 11.5. The number of likely N-dealkylation sites (tertiary alicyclic amines) is 1. The fraction of sp³-hybridized carbons (Fsp3) is 0.750. The maximum absolute atomic E-state index is 14.4. The number of carbonyl (C=O) groups is 3. The molecule has 0 radical (unpaired) electrons. The highest BCUT2D eigenvalue weighted by molar-refractivity contribution is 6.00. The first-order valence-electron chi connectivity index (χ1n) is 13.7. The minimum absolute atomic E-state index is 0.0698. The number of aliphatic hydroxyl groups is 1. The van der Waals surface area contributed by atoms with E-state index >= 15 is 0 Å². The van der Waals surface area contributed by atoms with Gasteiger partial charge in [0.25, 0.3) is 0 Å². The van der Waals surface area contributed by atoms with Crippen molar-refractivity contribution >= 4 is 17.7 Å². The van der Waals surface area contributed by atoms with Crippen molar-refractivity contribution in [3.63, 3.8) is 0 Å². The Kier molecular flexibility index (Phi) is 7.41. The highest BCUT2D eigenvalue weighted by atomic mass is 16.5. The minimum Gasteiger partial charge on any atom is -0.394 e. The van der Waals surface area contributed by atoms with E-state index < -0.39 is 35.1 Å². The molecule has 4 rings (SSSR count). The normalized spacial score (nSPS) is 34.9. The Morgan fingerprint density at radius 2 is 1.69 bits per heavy atom. The van der Waals surface area contributed by atoms with E-state index in [9.17, 15) is 19.5 Å². The van der Waals surface area contributed by atoms with Crippen LogP contribution in [0.25, 0.3) is 0 Å². The summed E-state index contributed by atoms with van der Waals surface area (Å²) in [6.07, 6.45) is 9.64. The first-order valence-corrected chi connectivity index (χ1v) is 13.7. The molecule has 6 atom stereocenters. The van der Waals surface area contributed by atoms with Crippen LogP contribution in [-0.4, -0.2) is 93.1 Å². The minimum atomic E-state index is -1.27. The summed E-state index contributed by atoms with van der Waals surface area (Å²) >= 11 is 0. The average molecular weight is 502 g/mol. The number of fused-ring (bicyclic) bond motifs is 2. The lowest BCUT2D eigenvalue weighted by Gasteiger charge is -2.41. The van der Waals surface area contributed by atoms with Gasteiger partial charge < -0.3 is 24.5 Å². The van der Waals surface area contributed by atoms with E-state index in [1.54, 1.807) is 9.80 Å². The molecular weight excluding hydrogens is 458 g/mol. The van der Waals surface area contributed by atoms with Gasteiger partial charge in [0.2, 0.25) is 17.7 Å². The molecule has 0 aliphatic carbocycles. The smallest absolute Gasteiger partial charge is 0.249 e. The van der Waals surface area contributed by atoms with E-state index in [1.807, 2.05) is 70.7 Å². The molecular formula is C28H43N3O5. The molecule has 8 heteroatoms. The van der Waals surface area contributed by atoms with Crippen molar-refractivity contribution in [3.8, 4) is 0 Å². The Morgan fingerprint density at radius 3 is 2.28 bits per heavy atom. The molecule has 1 N–H and O–H groups in total. The van der Waals surface area contributed by atoms with Gasteiger partial charge in [-0.2, -0.15) is 0 Å².